The van der Waals surface area contributed by atoms with Crippen molar-refractivity contribution in [3.63, 3.8) is 0 Å². The summed E-state index contributed by atoms with van der Waals surface area (Å²) in [6.07, 6.45) is 2.57. The third-order valence-corrected chi connectivity index (χ3v) is 2.92. The van der Waals surface area contributed by atoms with Gasteiger partial charge in [-0.25, -0.2) is 4.79 Å². The number of carbonyl (C=O) groups excluding carboxylic acids is 1. The molecule has 2 rings (SSSR count). The summed E-state index contributed by atoms with van der Waals surface area (Å²) >= 11 is 3.32. The second-order valence-corrected chi connectivity index (χ2v) is 4.49. The summed E-state index contributed by atoms with van der Waals surface area (Å²) < 4.78 is 4.79. The quantitative estimate of drug-likeness (QED) is 0.526. The predicted octanol–water partition coefficient (Wildman–Crippen LogP) is 3.09. The van der Waals surface area contributed by atoms with Crippen molar-refractivity contribution in [1.29, 1.82) is 0 Å². The maximum atomic E-state index is 11.7. The minimum Gasteiger partial charge on any atom is -0.465 e. The molecule has 3 nitrogen and oxygen atoms in total. The monoisotopic (exact) mass is 305 g/mol. The zero-order valence-corrected chi connectivity index (χ0v) is 11.5. The van der Waals surface area contributed by atoms with Crippen LogP contribution < -0.4 is 0 Å². The Kier molecular flexibility index (Phi) is 4.06. The Morgan fingerprint density at radius 2 is 2.33 bits per heavy atom. The summed E-state index contributed by atoms with van der Waals surface area (Å²) in [6.45, 7) is 0. The lowest BCUT2D eigenvalue weighted by Crippen LogP contribution is -2.02. The van der Waals surface area contributed by atoms with Crippen molar-refractivity contribution in [3.05, 3.63) is 35.5 Å². The summed E-state index contributed by atoms with van der Waals surface area (Å²) in [6, 6.07) is 5.56. The number of fused-ring (bicyclic) bond motifs is 1. The maximum Gasteiger partial charge on any atom is 0.338 e. The maximum absolute atomic E-state index is 11.7. The summed E-state index contributed by atoms with van der Waals surface area (Å²) in [5.41, 5.74) is 2.24. The Labute approximate surface area is 114 Å². The molecule has 0 fully saturated rings. The van der Waals surface area contributed by atoms with Gasteiger partial charge in [-0.15, -0.1) is 0 Å². The van der Waals surface area contributed by atoms with E-state index in [1.54, 1.807) is 12.3 Å². The number of rotatable bonds is 2. The molecule has 0 spiro atoms. The van der Waals surface area contributed by atoms with Crippen LogP contribution in [0.3, 0.4) is 0 Å². The second-order valence-electron chi connectivity index (χ2n) is 3.70. The van der Waals surface area contributed by atoms with Gasteiger partial charge in [-0.05, 0) is 18.2 Å². The Morgan fingerprint density at radius 3 is 3.06 bits per heavy atom. The highest BCUT2D eigenvalue weighted by molar-refractivity contribution is 9.09. The van der Waals surface area contributed by atoms with Crippen LogP contribution in [-0.2, 0) is 4.74 Å². The zero-order valence-electron chi connectivity index (χ0n) is 9.92. The van der Waals surface area contributed by atoms with Gasteiger partial charge >= 0.3 is 5.97 Å². The zero-order chi connectivity index (χ0) is 13.0. The summed E-state index contributed by atoms with van der Waals surface area (Å²) in [7, 11) is 1.38. The van der Waals surface area contributed by atoms with Crippen LogP contribution in [0.5, 0.6) is 0 Å². The molecule has 1 aromatic carbocycles. The first-order chi connectivity index (χ1) is 8.76. The van der Waals surface area contributed by atoms with Gasteiger partial charge in [0.15, 0.2) is 0 Å². The largest absolute Gasteiger partial charge is 0.465 e. The molecule has 0 aliphatic rings. The number of hydrogen-bond acceptors (Lipinski definition) is 2. The van der Waals surface area contributed by atoms with Crippen molar-refractivity contribution in [2.24, 2.45) is 0 Å². The normalized spacial score (nSPS) is 9.89. The Hall–Kier alpha value is -1.73. The molecule has 0 saturated carbocycles. The van der Waals surface area contributed by atoms with Gasteiger partial charge in [-0.2, -0.15) is 0 Å². The second kappa shape index (κ2) is 5.74. The molecule has 92 valence electrons. The number of benzene rings is 1. The summed E-state index contributed by atoms with van der Waals surface area (Å²) in [5.74, 6) is 5.72. The van der Waals surface area contributed by atoms with Crippen LogP contribution in [-0.4, -0.2) is 23.4 Å². The van der Waals surface area contributed by atoms with E-state index in [1.165, 1.54) is 7.11 Å². The van der Waals surface area contributed by atoms with Crippen molar-refractivity contribution >= 4 is 32.8 Å². The van der Waals surface area contributed by atoms with Gasteiger partial charge in [-0.1, -0.05) is 27.8 Å². The van der Waals surface area contributed by atoms with E-state index >= 15 is 0 Å². The molecule has 0 bridgehead atoms. The van der Waals surface area contributed by atoms with Crippen molar-refractivity contribution in [2.45, 2.75) is 6.42 Å². The number of aromatic nitrogens is 1. The number of methoxy groups -OCH3 is 1. The summed E-state index contributed by atoms with van der Waals surface area (Å²) in [4.78, 5) is 14.8. The van der Waals surface area contributed by atoms with Crippen molar-refractivity contribution in [2.75, 3.05) is 12.4 Å². The molecule has 1 N–H and O–H groups in total. The molecule has 0 amide bonds. The van der Waals surface area contributed by atoms with Crippen LogP contribution in [0.2, 0.25) is 0 Å². The molecule has 0 unspecified atom stereocenters. The topological polar surface area (TPSA) is 42.1 Å². The first kappa shape index (κ1) is 12.7. The molecule has 2 aromatic rings. The molecule has 1 heterocycles. The van der Waals surface area contributed by atoms with Gasteiger partial charge in [0.2, 0.25) is 0 Å². The molecular weight excluding hydrogens is 294 g/mol. The number of hydrogen-bond donors (Lipinski definition) is 1. The molecule has 18 heavy (non-hydrogen) atoms. The first-order valence-electron chi connectivity index (χ1n) is 5.50. The van der Waals surface area contributed by atoms with Crippen LogP contribution in [0.15, 0.2) is 24.4 Å². The highest BCUT2D eigenvalue weighted by Crippen LogP contribution is 2.20. The highest BCUT2D eigenvalue weighted by Gasteiger charge is 2.12. The van der Waals surface area contributed by atoms with E-state index in [-0.39, 0.29) is 5.97 Å². The van der Waals surface area contributed by atoms with Gasteiger partial charge in [0.05, 0.1) is 12.7 Å². The van der Waals surface area contributed by atoms with Crippen molar-refractivity contribution < 1.29 is 9.53 Å². The lowest BCUT2D eigenvalue weighted by molar-refractivity contribution is 0.0603. The number of halogens is 1. The third kappa shape index (κ3) is 2.57. The third-order valence-electron chi connectivity index (χ3n) is 2.53. The SMILES string of the molecule is COC(=O)c1cc(C#CCCBr)cc2[nH]ccc12. The highest BCUT2D eigenvalue weighted by atomic mass is 79.9. The Bertz CT molecular complexity index is 634. The van der Waals surface area contributed by atoms with Gasteiger partial charge < -0.3 is 9.72 Å². The van der Waals surface area contributed by atoms with E-state index < -0.39 is 0 Å². The average molecular weight is 306 g/mol. The number of aromatic amines is 1. The minimum absolute atomic E-state index is 0.344. The van der Waals surface area contributed by atoms with E-state index in [0.29, 0.717) is 5.56 Å². The first-order valence-corrected chi connectivity index (χ1v) is 6.62. The molecule has 1 aromatic heterocycles. The Morgan fingerprint density at radius 1 is 1.50 bits per heavy atom. The molecule has 0 aliphatic carbocycles. The lowest BCUT2D eigenvalue weighted by Gasteiger charge is -2.02. The fourth-order valence-electron chi connectivity index (χ4n) is 1.73. The van der Waals surface area contributed by atoms with Crippen LogP contribution in [0, 0.1) is 11.8 Å². The molecule has 0 radical (unpaired) electrons. The molecule has 0 saturated heterocycles. The van der Waals surface area contributed by atoms with Gasteiger partial charge in [0, 0.05) is 34.4 Å². The van der Waals surface area contributed by atoms with Gasteiger partial charge in [0.1, 0.15) is 0 Å². The van der Waals surface area contributed by atoms with Crippen LogP contribution >= 0.6 is 15.9 Å². The summed E-state index contributed by atoms with van der Waals surface area (Å²) in [5, 5.41) is 1.70. The van der Waals surface area contributed by atoms with E-state index in [2.05, 4.69) is 32.8 Å². The molecular formula is C14H12BrNO2. The number of nitrogens with one attached hydrogen (secondary N) is 1. The number of alkyl halides is 1. The fourth-order valence-corrected chi connectivity index (χ4v) is 1.93. The fraction of sp³-hybridized carbons (Fsp3) is 0.214. The number of carbonyl (C=O) groups is 1. The van der Waals surface area contributed by atoms with Gasteiger partial charge in [0.25, 0.3) is 0 Å². The predicted molar refractivity (Wildman–Crippen MR) is 74.9 cm³/mol. The van der Waals surface area contributed by atoms with Gasteiger partial charge in [-0.3, -0.25) is 0 Å². The van der Waals surface area contributed by atoms with Crippen LogP contribution in [0.1, 0.15) is 22.3 Å². The van der Waals surface area contributed by atoms with Crippen LogP contribution in [0.25, 0.3) is 10.9 Å². The average Bonchev–Trinajstić information content (AvgIpc) is 2.85. The van der Waals surface area contributed by atoms with Crippen LogP contribution in [0.4, 0.5) is 0 Å². The van der Waals surface area contributed by atoms with E-state index in [1.807, 2.05) is 12.1 Å². The van der Waals surface area contributed by atoms with E-state index in [9.17, 15) is 4.79 Å². The number of ether oxygens (including phenoxy) is 1. The number of esters is 1. The minimum atomic E-state index is -0.344. The number of H-pyrrole nitrogens is 1. The van der Waals surface area contributed by atoms with Crippen molar-refractivity contribution in [1.82, 2.24) is 4.98 Å². The smallest absolute Gasteiger partial charge is 0.338 e. The van der Waals surface area contributed by atoms with E-state index in [0.717, 1.165) is 28.2 Å². The molecule has 0 atom stereocenters. The molecule has 0 aliphatic heterocycles. The van der Waals surface area contributed by atoms with E-state index in [4.69, 9.17) is 4.74 Å². The lowest BCUT2D eigenvalue weighted by atomic mass is 10.1. The standard InChI is InChI=1S/C14H12BrNO2/c1-18-14(17)12-8-10(4-2-3-6-15)9-13-11(12)5-7-16-13/h5,7-9,16H,3,6H2,1H3. The Balaban J connectivity index is 2.51. The van der Waals surface area contributed by atoms with Crippen molar-refractivity contribution in [3.8, 4) is 11.8 Å². The molecule has 4 heteroatoms.